The molecule has 1 aliphatic heterocycles. The van der Waals surface area contributed by atoms with E-state index in [0.717, 1.165) is 37.4 Å². The maximum atomic E-state index is 12.4. The normalized spacial score (nSPS) is 16.7. The van der Waals surface area contributed by atoms with Crippen LogP contribution in [0.3, 0.4) is 0 Å². The quantitative estimate of drug-likeness (QED) is 0.460. The van der Waals surface area contributed by atoms with Gasteiger partial charge in [-0.3, -0.25) is 14.9 Å². The van der Waals surface area contributed by atoms with Gasteiger partial charge in [0.15, 0.2) is 0 Å². The standard InChI is InChI=1S/C15H21N3O3S.ClH/c1-2-9-17(13-7-8-16-10-13)15(19)11-22-14-5-3-12(4-6-14)18(20)21;/h3-6,13,16H,2,7-11H2,1H3;1H. The number of nitro benzene ring substituents is 1. The summed E-state index contributed by atoms with van der Waals surface area (Å²) in [5, 5.41) is 13.9. The molecule has 1 heterocycles. The first kappa shape index (κ1) is 19.7. The van der Waals surface area contributed by atoms with Crippen LogP contribution < -0.4 is 5.32 Å². The zero-order valence-electron chi connectivity index (χ0n) is 13.1. The molecule has 0 spiro atoms. The second-order valence-corrected chi connectivity index (χ2v) is 6.32. The summed E-state index contributed by atoms with van der Waals surface area (Å²) in [6.07, 6.45) is 1.96. The number of thioether (sulfide) groups is 1. The molecule has 1 amide bonds. The first-order valence-electron chi connectivity index (χ1n) is 7.49. The number of benzene rings is 1. The molecule has 0 aromatic heterocycles. The van der Waals surface area contributed by atoms with Crippen LogP contribution in [0.5, 0.6) is 0 Å². The van der Waals surface area contributed by atoms with Crippen molar-refractivity contribution in [1.82, 2.24) is 10.2 Å². The maximum absolute atomic E-state index is 12.4. The molecule has 1 aromatic carbocycles. The predicted octanol–water partition coefficient (Wildman–Crippen LogP) is 2.71. The van der Waals surface area contributed by atoms with E-state index in [0.29, 0.717) is 11.8 Å². The van der Waals surface area contributed by atoms with E-state index in [1.807, 2.05) is 4.90 Å². The van der Waals surface area contributed by atoms with Gasteiger partial charge in [-0.1, -0.05) is 6.92 Å². The predicted molar refractivity (Wildman–Crippen MR) is 94.3 cm³/mol. The van der Waals surface area contributed by atoms with Crippen molar-refractivity contribution < 1.29 is 9.72 Å². The molecule has 1 unspecified atom stereocenters. The molecule has 1 saturated heterocycles. The Bertz CT molecular complexity index is 521. The van der Waals surface area contributed by atoms with E-state index in [4.69, 9.17) is 0 Å². The van der Waals surface area contributed by atoms with E-state index in [2.05, 4.69) is 12.2 Å². The van der Waals surface area contributed by atoms with Crippen LogP contribution in [-0.4, -0.2) is 47.2 Å². The highest BCUT2D eigenvalue weighted by Crippen LogP contribution is 2.22. The first-order valence-corrected chi connectivity index (χ1v) is 8.47. The van der Waals surface area contributed by atoms with Crippen LogP contribution in [-0.2, 0) is 4.79 Å². The van der Waals surface area contributed by atoms with Gasteiger partial charge in [0.05, 0.1) is 10.7 Å². The summed E-state index contributed by atoms with van der Waals surface area (Å²) in [4.78, 5) is 25.5. The van der Waals surface area contributed by atoms with Gasteiger partial charge < -0.3 is 10.2 Å². The van der Waals surface area contributed by atoms with Crippen LogP contribution in [0.4, 0.5) is 5.69 Å². The minimum Gasteiger partial charge on any atom is -0.338 e. The second kappa shape index (κ2) is 9.75. The van der Waals surface area contributed by atoms with Crippen LogP contribution >= 0.6 is 24.2 Å². The van der Waals surface area contributed by atoms with Crippen molar-refractivity contribution in [1.29, 1.82) is 0 Å². The number of non-ortho nitro benzene ring substituents is 1. The lowest BCUT2D eigenvalue weighted by Crippen LogP contribution is -2.43. The number of hydrogen-bond acceptors (Lipinski definition) is 5. The second-order valence-electron chi connectivity index (χ2n) is 5.27. The fourth-order valence-electron chi connectivity index (χ4n) is 2.55. The minimum atomic E-state index is -0.421. The van der Waals surface area contributed by atoms with Crippen LogP contribution in [0.15, 0.2) is 29.2 Å². The Labute approximate surface area is 146 Å². The zero-order chi connectivity index (χ0) is 15.9. The third-order valence-corrected chi connectivity index (χ3v) is 4.67. The molecule has 2 rings (SSSR count). The molecule has 1 fully saturated rings. The molecule has 8 heteroatoms. The Morgan fingerprint density at radius 1 is 1.43 bits per heavy atom. The molecule has 1 N–H and O–H groups in total. The van der Waals surface area contributed by atoms with Gasteiger partial charge in [-0.05, 0) is 31.5 Å². The molecule has 1 aromatic rings. The zero-order valence-corrected chi connectivity index (χ0v) is 14.7. The van der Waals surface area contributed by atoms with Crippen LogP contribution in [0.25, 0.3) is 0 Å². The largest absolute Gasteiger partial charge is 0.338 e. The van der Waals surface area contributed by atoms with Crippen molar-refractivity contribution in [3.63, 3.8) is 0 Å². The van der Waals surface area contributed by atoms with Crippen LogP contribution in [0.2, 0.25) is 0 Å². The summed E-state index contributed by atoms with van der Waals surface area (Å²) in [5.74, 6) is 0.507. The highest BCUT2D eigenvalue weighted by molar-refractivity contribution is 8.00. The molecule has 1 aliphatic rings. The Hall–Kier alpha value is -1.31. The average Bonchev–Trinajstić information content (AvgIpc) is 3.04. The number of hydrogen-bond donors (Lipinski definition) is 1. The average molecular weight is 360 g/mol. The third kappa shape index (κ3) is 5.67. The monoisotopic (exact) mass is 359 g/mol. The highest BCUT2D eigenvalue weighted by Gasteiger charge is 2.25. The number of carbonyl (C=O) groups is 1. The van der Waals surface area contributed by atoms with E-state index in [1.165, 1.54) is 23.9 Å². The molecular formula is C15H22ClN3O3S. The fraction of sp³-hybridized carbons (Fsp3) is 0.533. The molecule has 23 heavy (non-hydrogen) atoms. The van der Waals surface area contributed by atoms with Gasteiger partial charge in [0, 0.05) is 36.2 Å². The smallest absolute Gasteiger partial charge is 0.269 e. The lowest BCUT2D eigenvalue weighted by atomic mass is 10.2. The lowest BCUT2D eigenvalue weighted by Gasteiger charge is -2.28. The molecule has 6 nitrogen and oxygen atoms in total. The Balaban J connectivity index is 0.00000264. The van der Waals surface area contributed by atoms with E-state index in [1.54, 1.807) is 12.1 Å². The SMILES string of the molecule is CCCN(C(=O)CSc1ccc([N+](=O)[O-])cc1)C1CCNC1.Cl. The summed E-state index contributed by atoms with van der Waals surface area (Å²) in [6, 6.07) is 6.62. The number of carbonyl (C=O) groups excluding carboxylic acids is 1. The molecule has 0 radical (unpaired) electrons. The Kier molecular flexibility index (Phi) is 8.36. The topological polar surface area (TPSA) is 75.5 Å². The van der Waals surface area contributed by atoms with Gasteiger partial charge in [0.25, 0.3) is 5.69 Å². The highest BCUT2D eigenvalue weighted by atomic mass is 35.5. The van der Waals surface area contributed by atoms with Crippen molar-refractivity contribution in [2.45, 2.75) is 30.7 Å². The molecular weight excluding hydrogens is 338 g/mol. The van der Waals surface area contributed by atoms with Gasteiger partial charge in [-0.2, -0.15) is 0 Å². The van der Waals surface area contributed by atoms with Crippen molar-refractivity contribution in [3.05, 3.63) is 34.4 Å². The molecule has 128 valence electrons. The number of nitrogens with zero attached hydrogens (tertiary/aromatic N) is 2. The summed E-state index contributed by atoms with van der Waals surface area (Å²) in [5.41, 5.74) is 0.0697. The van der Waals surface area contributed by atoms with Crippen molar-refractivity contribution >= 4 is 35.8 Å². The Morgan fingerprint density at radius 2 is 2.13 bits per heavy atom. The van der Waals surface area contributed by atoms with Crippen LogP contribution in [0, 0.1) is 10.1 Å². The number of nitrogens with one attached hydrogen (secondary N) is 1. The number of rotatable bonds is 7. The third-order valence-electron chi connectivity index (χ3n) is 3.67. The minimum absolute atomic E-state index is 0. The van der Waals surface area contributed by atoms with Crippen LogP contribution in [0.1, 0.15) is 19.8 Å². The van der Waals surface area contributed by atoms with Gasteiger partial charge in [0.2, 0.25) is 5.91 Å². The first-order chi connectivity index (χ1) is 10.6. The van der Waals surface area contributed by atoms with Gasteiger partial charge in [-0.25, -0.2) is 0 Å². The fourth-order valence-corrected chi connectivity index (χ4v) is 3.33. The van der Waals surface area contributed by atoms with E-state index in [-0.39, 0.29) is 24.0 Å². The van der Waals surface area contributed by atoms with Crippen molar-refractivity contribution in [2.24, 2.45) is 0 Å². The summed E-state index contributed by atoms with van der Waals surface area (Å²) >= 11 is 1.43. The van der Waals surface area contributed by atoms with E-state index in [9.17, 15) is 14.9 Å². The summed E-state index contributed by atoms with van der Waals surface area (Å²) < 4.78 is 0. The lowest BCUT2D eigenvalue weighted by molar-refractivity contribution is -0.384. The molecule has 0 aliphatic carbocycles. The maximum Gasteiger partial charge on any atom is 0.269 e. The summed E-state index contributed by atoms with van der Waals surface area (Å²) in [6.45, 7) is 4.69. The van der Waals surface area contributed by atoms with Gasteiger partial charge in [0.1, 0.15) is 0 Å². The molecule has 1 atom stereocenters. The van der Waals surface area contributed by atoms with E-state index < -0.39 is 4.92 Å². The number of halogens is 1. The molecule has 0 saturated carbocycles. The van der Waals surface area contributed by atoms with Gasteiger partial charge in [-0.15, -0.1) is 24.2 Å². The number of amides is 1. The molecule has 0 bridgehead atoms. The number of nitro groups is 1. The van der Waals surface area contributed by atoms with Gasteiger partial charge >= 0.3 is 0 Å². The Morgan fingerprint density at radius 3 is 2.65 bits per heavy atom. The summed E-state index contributed by atoms with van der Waals surface area (Å²) in [7, 11) is 0. The van der Waals surface area contributed by atoms with Crippen molar-refractivity contribution in [3.8, 4) is 0 Å². The van der Waals surface area contributed by atoms with Crippen molar-refractivity contribution in [2.75, 3.05) is 25.4 Å². The van der Waals surface area contributed by atoms with E-state index >= 15 is 0 Å².